The SMILES string of the molecule is COCCOc1c(OC)cc2c(N)nc(N3CCN(C(=O)C[C@@H](N)c4ccc(C#N)cc4)C[C@@H]3C)nc2c1F. The minimum Gasteiger partial charge on any atom is -0.493 e. The van der Waals surface area contributed by atoms with E-state index in [-0.39, 0.29) is 60.4 Å². The van der Waals surface area contributed by atoms with E-state index in [9.17, 15) is 4.79 Å². The number of ether oxygens (including phenoxy) is 3. The van der Waals surface area contributed by atoms with Crippen LogP contribution >= 0.6 is 0 Å². The Bertz CT molecular complexity index is 1380. The van der Waals surface area contributed by atoms with Crippen LogP contribution < -0.4 is 25.8 Å². The molecule has 39 heavy (non-hydrogen) atoms. The number of aromatic nitrogens is 2. The summed E-state index contributed by atoms with van der Waals surface area (Å²) in [5, 5.41) is 9.28. The van der Waals surface area contributed by atoms with Gasteiger partial charge in [-0.2, -0.15) is 10.2 Å². The van der Waals surface area contributed by atoms with Crippen LogP contribution in [0.15, 0.2) is 30.3 Å². The quantitative estimate of drug-likeness (QED) is 0.389. The van der Waals surface area contributed by atoms with Crippen molar-refractivity contribution in [3.8, 4) is 17.6 Å². The molecular weight excluding hydrogens is 505 g/mol. The summed E-state index contributed by atoms with van der Waals surface area (Å²) in [7, 11) is 2.94. The Hall–Kier alpha value is -4.21. The summed E-state index contributed by atoms with van der Waals surface area (Å²) >= 11 is 0. The van der Waals surface area contributed by atoms with Crippen molar-refractivity contribution in [2.45, 2.75) is 25.4 Å². The zero-order valence-electron chi connectivity index (χ0n) is 22.2. The van der Waals surface area contributed by atoms with Crippen LogP contribution in [0.1, 0.15) is 30.5 Å². The maximum absolute atomic E-state index is 15.5. The Morgan fingerprint density at radius 3 is 2.62 bits per heavy atom. The first-order valence-corrected chi connectivity index (χ1v) is 12.5. The predicted molar refractivity (Wildman–Crippen MR) is 144 cm³/mol. The van der Waals surface area contributed by atoms with Crippen LogP contribution in [-0.4, -0.2) is 73.9 Å². The molecule has 4 rings (SSSR count). The Morgan fingerprint density at radius 1 is 1.23 bits per heavy atom. The third kappa shape index (κ3) is 5.94. The fraction of sp³-hybridized carbons (Fsp3) is 0.407. The third-order valence-electron chi connectivity index (χ3n) is 6.72. The van der Waals surface area contributed by atoms with Crippen molar-refractivity contribution < 1.29 is 23.4 Å². The average Bonchev–Trinajstić information content (AvgIpc) is 2.94. The van der Waals surface area contributed by atoms with E-state index < -0.39 is 11.9 Å². The van der Waals surface area contributed by atoms with Gasteiger partial charge in [0.1, 0.15) is 17.9 Å². The van der Waals surface area contributed by atoms with Crippen molar-refractivity contribution >= 4 is 28.6 Å². The van der Waals surface area contributed by atoms with E-state index in [0.29, 0.717) is 30.6 Å². The van der Waals surface area contributed by atoms with Crippen LogP contribution in [0.4, 0.5) is 16.2 Å². The molecule has 0 aliphatic carbocycles. The fourth-order valence-electron chi connectivity index (χ4n) is 4.56. The second-order valence-electron chi connectivity index (χ2n) is 9.29. The number of nitriles is 1. The number of carbonyl (C=O) groups is 1. The van der Waals surface area contributed by atoms with E-state index in [1.165, 1.54) is 14.2 Å². The number of nitrogens with zero attached hydrogens (tertiary/aromatic N) is 5. The normalized spacial score (nSPS) is 16.2. The van der Waals surface area contributed by atoms with Gasteiger partial charge in [-0.15, -0.1) is 0 Å². The van der Waals surface area contributed by atoms with Crippen LogP contribution in [0, 0.1) is 17.1 Å². The summed E-state index contributed by atoms with van der Waals surface area (Å²) in [5.74, 6) is -0.301. The molecule has 3 aromatic rings. The number of anilines is 2. The molecule has 4 N–H and O–H groups in total. The van der Waals surface area contributed by atoms with Crippen LogP contribution in [0.3, 0.4) is 0 Å². The molecule has 1 aliphatic rings. The molecule has 0 spiro atoms. The van der Waals surface area contributed by atoms with Gasteiger partial charge in [0.2, 0.25) is 11.9 Å². The maximum Gasteiger partial charge on any atom is 0.228 e. The lowest BCUT2D eigenvalue weighted by Gasteiger charge is -2.40. The highest BCUT2D eigenvalue weighted by molar-refractivity contribution is 5.92. The van der Waals surface area contributed by atoms with Gasteiger partial charge in [-0.1, -0.05) is 12.1 Å². The maximum atomic E-state index is 15.5. The topological polar surface area (TPSA) is 153 Å². The van der Waals surface area contributed by atoms with E-state index in [4.69, 9.17) is 30.9 Å². The van der Waals surface area contributed by atoms with Crippen LogP contribution in [-0.2, 0) is 9.53 Å². The number of piperazine rings is 1. The molecule has 206 valence electrons. The number of carbonyl (C=O) groups excluding carboxylic acids is 1. The number of benzene rings is 2. The molecule has 1 amide bonds. The molecule has 1 fully saturated rings. The first-order chi connectivity index (χ1) is 18.8. The molecule has 0 saturated carbocycles. The van der Waals surface area contributed by atoms with Crippen LogP contribution in [0.25, 0.3) is 10.9 Å². The van der Waals surface area contributed by atoms with E-state index in [1.807, 2.05) is 11.8 Å². The summed E-state index contributed by atoms with van der Waals surface area (Å²) in [4.78, 5) is 25.6. The van der Waals surface area contributed by atoms with Gasteiger partial charge in [0.05, 0.1) is 25.3 Å². The van der Waals surface area contributed by atoms with Gasteiger partial charge in [-0.3, -0.25) is 4.79 Å². The summed E-state index contributed by atoms with van der Waals surface area (Å²) < 4.78 is 31.4. The summed E-state index contributed by atoms with van der Waals surface area (Å²) in [5.41, 5.74) is 13.8. The van der Waals surface area contributed by atoms with E-state index in [1.54, 1.807) is 35.2 Å². The molecule has 12 heteroatoms. The summed E-state index contributed by atoms with van der Waals surface area (Å²) in [6.45, 7) is 3.60. The molecule has 0 unspecified atom stereocenters. The lowest BCUT2D eigenvalue weighted by Crippen LogP contribution is -2.54. The molecular formula is C27H32FN7O4. The Labute approximate surface area is 226 Å². The number of amides is 1. The van der Waals surface area contributed by atoms with E-state index in [0.717, 1.165) is 5.56 Å². The molecule has 2 heterocycles. The number of hydrogen-bond donors (Lipinski definition) is 2. The summed E-state index contributed by atoms with van der Waals surface area (Å²) in [6, 6.07) is 9.87. The predicted octanol–water partition coefficient (Wildman–Crippen LogP) is 2.38. The third-order valence-corrected chi connectivity index (χ3v) is 6.72. The van der Waals surface area contributed by atoms with Crippen molar-refractivity contribution in [3.63, 3.8) is 0 Å². The number of nitrogen functional groups attached to an aromatic ring is 1. The van der Waals surface area contributed by atoms with Crippen molar-refractivity contribution in [3.05, 3.63) is 47.3 Å². The van der Waals surface area contributed by atoms with Gasteiger partial charge < -0.3 is 35.5 Å². The number of rotatable bonds is 9. The fourth-order valence-corrected chi connectivity index (χ4v) is 4.56. The first kappa shape index (κ1) is 27.8. The molecule has 2 atom stereocenters. The highest BCUT2D eigenvalue weighted by atomic mass is 19.1. The van der Waals surface area contributed by atoms with Crippen molar-refractivity contribution in [1.82, 2.24) is 14.9 Å². The van der Waals surface area contributed by atoms with Crippen LogP contribution in [0.5, 0.6) is 11.5 Å². The molecule has 0 bridgehead atoms. The van der Waals surface area contributed by atoms with Gasteiger partial charge in [0, 0.05) is 50.6 Å². The Kier molecular flexibility index (Phi) is 8.63. The molecule has 11 nitrogen and oxygen atoms in total. The lowest BCUT2D eigenvalue weighted by atomic mass is 10.0. The average molecular weight is 538 g/mol. The monoisotopic (exact) mass is 537 g/mol. The molecule has 2 aromatic carbocycles. The van der Waals surface area contributed by atoms with E-state index in [2.05, 4.69) is 16.0 Å². The van der Waals surface area contributed by atoms with Gasteiger partial charge in [-0.05, 0) is 30.7 Å². The minimum atomic E-state index is -0.700. The van der Waals surface area contributed by atoms with Gasteiger partial charge >= 0.3 is 0 Å². The highest BCUT2D eigenvalue weighted by Crippen LogP contribution is 2.38. The number of halogens is 1. The second kappa shape index (κ2) is 12.1. The largest absolute Gasteiger partial charge is 0.493 e. The summed E-state index contributed by atoms with van der Waals surface area (Å²) in [6.07, 6.45) is 0.136. The number of hydrogen-bond acceptors (Lipinski definition) is 10. The van der Waals surface area contributed by atoms with Gasteiger partial charge in [-0.25, -0.2) is 9.37 Å². The van der Waals surface area contributed by atoms with Crippen molar-refractivity contribution in [2.24, 2.45) is 5.73 Å². The number of methoxy groups -OCH3 is 2. The number of fused-ring (bicyclic) bond motifs is 1. The second-order valence-corrected chi connectivity index (χ2v) is 9.29. The number of nitrogens with two attached hydrogens (primary N) is 2. The van der Waals surface area contributed by atoms with Crippen molar-refractivity contribution in [1.29, 1.82) is 5.26 Å². The molecule has 1 aromatic heterocycles. The van der Waals surface area contributed by atoms with E-state index >= 15 is 4.39 Å². The Morgan fingerprint density at radius 2 is 1.97 bits per heavy atom. The standard InChI is InChI=1S/C27H32FN7O4/c1-16-15-34(22(36)13-20(30)18-6-4-17(14-29)5-7-18)8-9-35(16)27-32-24-19(26(31)33-27)12-21(38-3)25(23(24)28)39-11-10-37-2/h4-7,12,16,20H,8-11,13,15,30H2,1-3H3,(H2,31,32,33)/t16-,20+/m0/s1. The smallest absolute Gasteiger partial charge is 0.228 e. The van der Waals surface area contributed by atoms with Crippen LogP contribution in [0.2, 0.25) is 0 Å². The minimum absolute atomic E-state index is 0.0183. The molecule has 1 aliphatic heterocycles. The first-order valence-electron chi connectivity index (χ1n) is 12.5. The zero-order chi connectivity index (χ0) is 28.1. The lowest BCUT2D eigenvalue weighted by molar-refractivity contribution is -0.132. The molecule has 1 saturated heterocycles. The van der Waals surface area contributed by atoms with Gasteiger partial charge in [0.25, 0.3) is 0 Å². The van der Waals surface area contributed by atoms with Crippen molar-refractivity contribution in [2.75, 3.05) is 57.7 Å². The Balaban J connectivity index is 1.50. The highest BCUT2D eigenvalue weighted by Gasteiger charge is 2.30. The molecule has 0 radical (unpaired) electrons. The zero-order valence-corrected chi connectivity index (χ0v) is 22.2. The van der Waals surface area contributed by atoms with Gasteiger partial charge in [0.15, 0.2) is 17.3 Å².